The van der Waals surface area contributed by atoms with E-state index in [0.29, 0.717) is 12.8 Å². The quantitative estimate of drug-likeness (QED) is 0.511. The molecule has 0 atom stereocenters. The highest BCUT2D eigenvalue weighted by Gasteiger charge is 2.21. The van der Waals surface area contributed by atoms with Crippen LogP contribution < -0.4 is 4.52 Å². The third-order valence-corrected chi connectivity index (χ3v) is 3.62. The lowest BCUT2D eigenvalue weighted by atomic mass is 10.0. The minimum atomic E-state index is -4.81. The molecule has 0 saturated heterocycles. The zero-order valence-electron chi connectivity index (χ0n) is 12.1. The van der Waals surface area contributed by atoms with Crippen molar-refractivity contribution in [2.45, 2.75) is 19.3 Å². The van der Waals surface area contributed by atoms with Crippen LogP contribution in [0.2, 0.25) is 0 Å². The largest absolute Gasteiger partial charge is 0.524 e. The van der Waals surface area contributed by atoms with Gasteiger partial charge in [-0.1, -0.05) is 12.1 Å². The summed E-state index contributed by atoms with van der Waals surface area (Å²) in [6.07, 6.45) is 1.40. The molecule has 0 aliphatic rings. The van der Waals surface area contributed by atoms with Crippen molar-refractivity contribution in [3.8, 4) is 23.0 Å². The molecule has 0 amide bonds. The molecule has 2 aromatic rings. The summed E-state index contributed by atoms with van der Waals surface area (Å²) in [6, 6.07) is 8.85. The van der Waals surface area contributed by atoms with Crippen LogP contribution in [-0.4, -0.2) is 25.1 Å². The molecule has 23 heavy (non-hydrogen) atoms. The van der Waals surface area contributed by atoms with Crippen molar-refractivity contribution in [3.63, 3.8) is 0 Å². The van der Waals surface area contributed by atoms with E-state index in [1.807, 2.05) is 6.07 Å². The number of aryl methyl sites for hydroxylation is 1. The SMILES string of the molecule is O=P(O)(O)Oc1cc(O)cc(O)c1CCCc1cccc(O)c1. The summed E-state index contributed by atoms with van der Waals surface area (Å²) in [5.74, 6) is -0.765. The molecule has 0 bridgehead atoms. The van der Waals surface area contributed by atoms with Gasteiger partial charge in [0.15, 0.2) is 0 Å². The van der Waals surface area contributed by atoms with E-state index in [4.69, 9.17) is 9.79 Å². The first-order chi connectivity index (χ1) is 10.7. The van der Waals surface area contributed by atoms with Crippen LogP contribution in [0, 0.1) is 0 Å². The first kappa shape index (κ1) is 17.1. The third-order valence-electron chi connectivity index (χ3n) is 3.19. The summed E-state index contributed by atoms with van der Waals surface area (Å²) >= 11 is 0. The summed E-state index contributed by atoms with van der Waals surface area (Å²) in [7, 11) is -4.81. The van der Waals surface area contributed by atoms with Gasteiger partial charge >= 0.3 is 7.82 Å². The lowest BCUT2D eigenvalue weighted by Crippen LogP contribution is -1.97. The second-order valence-corrected chi connectivity index (χ2v) is 6.21. The van der Waals surface area contributed by atoms with Crippen LogP contribution in [0.25, 0.3) is 0 Å². The van der Waals surface area contributed by atoms with Crippen LogP contribution in [0.1, 0.15) is 17.5 Å². The molecule has 124 valence electrons. The Morgan fingerprint density at radius 3 is 2.35 bits per heavy atom. The van der Waals surface area contributed by atoms with Crippen LogP contribution in [0.3, 0.4) is 0 Å². The summed E-state index contributed by atoms with van der Waals surface area (Å²) in [5.41, 5.74) is 1.09. The maximum atomic E-state index is 11.0. The fourth-order valence-electron chi connectivity index (χ4n) is 2.26. The minimum Gasteiger partial charge on any atom is -0.508 e. The first-order valence-electron chi connectivity index (χ1n) is 6.82. The van der Waals surface area contributed by atoms with E-state index < -0.39 is 7.82 Å². The number of aromatic hydroxyl groups is 3. The minimum absolute atomic E-state index is 0.153. The van der Waals surface area contributed by atoms with Gasteiger partial charge in [0, 0.05) is 17.7 Å². The zero-order chi connectivity index (χ0) is 17.0. The Morgan fingerprint density at radius 1 is 0.957 bits per heavy atom. The Labute approximate surface area is 132 Å². The van der Waals surface area contributed by atoms with E-state index in [-0.39, 0.29) is 35.0 Å². The third kappa shape index (κ3) is 5.17. The Balaban J connectivity index is 2.13. The molecular formula is C15H17O7P. The molecule has 7 nitrogen and oxygen atoms in total. The van der Waals surface area contributed by atoms with Gasteiger partial charge in [0.2, 0.25) is 0 Å². The normalized spacial score (nSPS) is 11.4. The van der Waals surface area contributed by atoms with Gasteiger partial charge < -0.3 is 19.8 Å². The number of benzene rings is 2. The maximum Gasteiger partial charge on any atom is 0.524 e. The first-order valence-corrected chi connectivity index (χ1v) is 8.35. The van der Waals surface area contributed by atoms with Gasteiger partial charge in [-0.05, 0) is 37.0 Å². The van der Waals surface area contributed by atoms with Gasteiger partial charge in [-0.15, -0.1) is 0 Å². The molecule has 0 spiro atoms. The van der Waals surface area contributed by atoms with E-state index in [0.717, 1.165) is 17.7 Å². The molecule has 0 heterocycles. The van der Waals surface area contributed by atoms with Gasteiger partial charge in [-0.2, -0.15) is 0 Å². The monoisotopic (exact) mass is 340 g/mol. The number of phenolic OH excluding ortho intramolecular Hbond substituents is 3. The topological polar surface area (TPSA) is 127 Å². The Morgan fingerprint density at radius 2 is 1.70 bits per heavy atom. The van der Waals surface area contributed by atoms with Gasteiger partial charge in [0.1, 0.15) is 23.0 Å². The van der Waals surface area contributed by atoms with E-state index in [1.54, 1.807) is 18.2 Å². The van der Waals surface area contributed by atoms with E-state index in [1.165, 1.54) is 0 Å². The standard InChI is InChI=1S/C15H17O7P/c16-11-5-1-3-10(7-11)4-2-6-13-14(18)8-12(17)9-15(13)22-23(19,20)21/h1,3,5,7-9,16-18H,2,4,6H2,(H2,19,20,21). The van der Waals surface area contributed by atoms with Crippen molar-refractivity contribution < 1.29 is 34.2 Å². The molecule has 8 heteroatoms. The van der Waals surface area contributed by atoms with Gasteiger partial charge in [0.25, 0.3) is 0 Å². The molecule has 0 aliphatic heterocycles. The van der Waals surface area contributed by atoms with Crippen LogP contribution in [-0.2, 0) is 17.4 Å². The Hall–Kier alpha value is -2.21. The molecule has 0 unspecified atom stereocenters. The second kappa shape index (κ2) is 6.91. The summed E-state index contributed by atoms with van der Waals surface area (Å²) in [4.78, 5) is 17.8. The Bertz CT molecular complexity index is 739. The van der Waals surface area contributed by atoms with E-state index in [2.05, 4.69) is 4.52 Å². The second-order valence-electron chi connectivity index (χ2n) is 5.05. The lowest BCUT2D eigenvalue weighted by molar-refractivity contribution is 0.281. The van der Waals surface area contributed by atoms with Crippen molar-refractivity contribution in [1.29, 1.82) is 0 Å². The van der Waals surface area contributed by atoms with Gasteiger partial charge in [0.05, 0.1) is 0 Å². The van der Waals surface area contributed by atoms with Crippen molar-refractivity contribution in [2.75, 3.05) is 0 Å². The molecule has 2 rings (SSSR count). The number of rotatable bonds is 6. The van der Waals surface area contributed by atoms with Crippen LogP contribution >= 0.6 is 7.82 Å². The van der Waals surface area contributed by atoms with Crippen LogP contribution in [0.5, 0.6) is 23.0 Å². The van der Waals surface area contributed by atoms with Gasteiger partial charge in [-0.3, -0.25) is 9.79 Å². The molecule has 2 aromatic carbocycles. The highest BCUT2D eigenvalue weighted by Crippen LogP contribution is 2.43. The zero-order valence-corrected chi connectivity index (χ0v) is 13.0. The number of phosphoric ester groups is 1. The molecule has 0 fully saturated rings. The fourth-order valence-corrected chi connectivity index (χ4v) is 2.68. The van der Waals surface area contributed by atoms with Crippen LogP contribution in [0.4, 0.5) is 0 Å². The van der Waals surface area contributed by atoms with Crippen molar-refractivity contribution >= 4 is 7.82 Å². The fraction of sp³-hybridized carbons (Fsp3) is 0.200. The van der Waals surface area contributed by atoms with Crippen molar-refractivity contribution in [1.82, 2.24) is 0 Å². The average molecular weight is 340 g/mol. The molecule has 0 radical (unpaired) electrons. The predicted molar refractivity (Wildman–Crippen MR) is 82.6 cm³/mol. The molecule has 5 N–H and O–H groups in total. The molecular weight excluding hydrogens is 323 g/mol. The Kier molecular flexibility index (Phi) is 5.15. The average Bonchev–Trinajstić information content (AvgIpc) is 2.40. The molecule has 0 aliphatic carbocycles. The number of hydrogen-bond acceptors (Lipinski definition) is 5. The molecule has 0 saturated carbocycles. The van der Waals surface area contributed by atoms with E-state index >= 15 is 0 Å². The van der Waals surface area contributed by atoms with E-state index in [9.17, 15) is 19.9 Å². The summed E-state index contributed by atoms with van der Waals surface area (Å²) < 4.78 is 15.5. The summed E-state index contributed by atoms with van der Waals surface area (Å²) in [5, 5.41) is 28.7. The molecule has 0 aromatic heterocycles. The van der Waals surface area contributed by atoms with Crippen molar-refractivity contribution in [2.24, 2.45) is 0 Å². The van der Waals surface area contributed by atoms with Crippen molar-refractivity contribution in [3.05, 3.63) is 47.5 Å². The lowest BCUT2D eigenvalue weighted by Gasteiger charge is -2.14. The highest BCUT2D eigenvalue weighted by atomic mass is 31.2. The number of phenols is 3. The highest BCUT2D eigenvalue weighted by molar-refractivity contribution is 7.46. The summed E-state index contributed by atoms with van der Waals surface area (Å²) in [6.45, 7) is 0. The number of hydrogen-bond donors (Lipinski definition) is 5. The smallest absolute Gasteiger partial charge is 0.508 e. The maximum absolute atomic E-state index is 11.0. The predicted octanol–water partition coefficient (Wildman–Crippen LogP) is 2.45. The van der Waals surface area contributed by atoms with Gasteiger partial charge in [-0.25, -0.2) is 4.57 Å². The van der Waals surface area contributed by atoms with Crippen LogP contribution in [0.15, 0.2) is 36.4 Å². The number of phosphoric acid groups is 1.